The Morgan fingerprint density at radius 3 is 2.39 bits per heavy atom. The molecule has 2 atom stereocenters. The van der Waals surface area contributed by atoms with E-state index < -0.39 is 48.8 Å². The predicted molar refractivity (Wildman–Crippen MR) is 136 cm³/mol. The lowest BCUT2D eigenvalue weighted by molar-refractivity contribution is -0.144. The van der Waals surface area contributed by atoms with Gasteiger partial charge in [-0.1, -0.05) is 0 Å². The van der Waals surface area contributed by atoms with Gasteiger partial charge in [0.1, 0.15) is 5.69 Å². The van der Waals surface area contributed by atoms with Gasteiger partial charge in [0.05, 0.1) is 42.3 Å². The minimum absolute atomic E-state index is 0.0784. The van der Waals surface area contributed by atoms with Crippen molar-refractivity contribution >= 4 is 17.5 Å². The fourth-order valence-electron chi connectivity index (χ4n) is 5.30. The summed E-state index contributed by atoms with van der Waals surface area (Å²) >= 11 is 0. The Hall–Kier alpha value is -3.71. The summed E-state index contributed by atoms with van der Waals surface area (Å²) in [5.74, 6) is -4.19. The summed E-state index contributed by atoms with van der Waals surface area (Å²) in [5.41, 5.74) is 1.96. The Morgan fingerprint density at radius 1 is 1.05 bits per heavy atom. The van der Waals surface area contributed by atoms with Crippen LogP contribution in [0.1, 0.15) is 90.9 Å². The monoisotopic (exact) mass is 579 g/mol. The summed E-state index contributed by atoms with van der Waals surface area (Å²) in [7, 11) is 0. The van der Waals surface area contributed by atoms with Crippen LogP contribution in [0.3, 0.4) is 0 Å². The van der Waals surface area contributed by atoms with E-state index in [4.69, 9.17) is 0 Å². The molecule has 2 N–H and O–H groups in total. The maximum atomic E-state index is 14.0. The van der Waals surface area contributed by atoms with Gasteiger partial charge in [0.2, 0.25) is 11.8 Å². The molecule has 2 amide bonds. The fraction of sp³-hybridized carbons (Fsp3) is 0.556. The third-order valence-electron chi connectivity index (χ3n) is 7.70. The minimum Gasteiger partial charge on any atom is -0.349 e. The van der Waals surface area contributed by atoms with E-state index in [2.05, 4.69) is 30.7 Å². The van der Waals surface area contributed by atoms with Crippen molar-refractivity contribution in [3.63, 3.8) is 0 Å². The van der Waals surface area contributed by atoms with Crippen molar-refractivity contribution < 1.29 is 31.5 Å². The first-order valence-electron chi connectivity index (χ1n) is 13.6. The number of amides is 2. The molecule has 0 radical (unpaired) electrons. The van der Waals surface area contributed by atoms with E-state index in [1.165, 1.54) is 23.1 Å². The molecule has 3 aromatic heterocycles. The Labute approximate surface area is 232 Å². The van der Waals surface area contributed by atoms with Gasteiger partial charge in [-0.3, -0.25) is 14.6 Å². The number of rotatable bonds is 9. The van der Waals surface area contributed by atoms with Crippen molar-refractivity contribution in [1.29, 1.82) is 0 Å². The van der Waals surface area contributed by atoms with E-state index in [-0.39, 0.29) is 43.2 Å². The number of nitrogens with one attached hydrogen (secondary N) is 2. The van der Waals surface area contributed by atoms with Gasteiger partial charge in [0.15, 0.2) is 5.65 Å². The fourth-order valence-corrected chi connectivity index (χ4v) is 5.30. The zero-order valence-electron chi connectivity index (χ0n) is 22.3. The number of nitrogens with zero attached hydrogens (tertiary/aromatic N) is 5. The number of carbonyl (C=O) groups excluding carboxylic acids is 2. The topological polar surface area (TPSA) is 114 Å². The largest absolute Gasteiger partial charge is 0.389 e. The average Bonchev–Trinajstić information content (AvgIpc) is 3.67. The number of aromatic nitrogens is 5. The summed E-state index contributed by atoms with van der Waals surface area (Å²) in [6.07, 6.45) is 1.10. The van der Waals surface area contributed by atoms with Crippen molar-refractivity contribution in [2.75, 3.05) is 0 Å². The van der Waals surface area contributed by atoms with E-state index in [1.54, 1.807) is 19.2 Å². The maximum Gasteiger partial charge on any atom is 0.389 e. The number of imidazole rings is 1. The molecule has 220 valence electrons. The van der Waals surface area contributed by atoms with Crippen LogP contribution in [0.25, 0.3) is 5.65 Å². The van der Waals surface area contributed by atoms with Crippen molar-refractivity contribution in [1.82, 2.24) is 35.2 Å². The molecule has 3 heterocycles. The molecule has 14 heteroatoms. The lowest BCUT2D eigenvalue weighted by Gasteiger charge is -2.33. The van der Waals surface area contributed by atoms with Crippen LogP contribution in [0.15, 0.2) is 30.9 Å². The third kappa shape index (κ3) is 7.14. The minimum atomic E-state index is -4.43. The van der Waals surface area contributed by atoms with Crippen molar-refractivity contribution in [3.05, 3.63) is 53.5 Å². The zero-order valence-corrected chi connectivity index (χ0v) is 22.3. The van der Waals surface area contributed by atoms with E-state index in [9.17, 15) is 31.5 Å². The highest BCUT2D eigenvalue weighted by Crippen LogP contribution is 2.43. The first-order chi connectivity index (χ1) is 19.4. The Balaban J connectivity index is 1.40. The molecule has 0 aromatic carbocycles. The number of aryl methyl sites for hydroxylation is 1. The van der Waals surface area contributed by atoms with Gasteiger partial charge in [-0.2, -0.15) is 18.3 Å². The maximum absolute atomic E-state index is 14.0. The first-order valence-corrected chi connectivity index (χ1v) is 13.6. The van der Waals surface area contributed by atoms with Crippen LogP contribution < -0.4 is 10.6 Å². The molecule has 3 aromatic rings. The normalized spacial score (nSPS) is 19.1. The van der Waals surface area contributed by atoms with Crippen LogP contribution in [0.2, 0.25) is 0 Å². The van der Waals surface area contributed by atoms with Crippen LogP contribution in [-0.4, -0.2) is 48.5 Å². The Kier molecular flexibility index (Phi) is 7.93. The summed E-state index contributed by atoms with van der Waals surface area (Å²) in [5, 5.41) is 10.0. The van der Waals surface area contributed by atoms with Crippen LogP contribution >= 0.6 is 0 Å². The van der Waals surface area contributed by atoms with E-state index in [1.807, 2.05) is 0 Å². The molecule has 2 saturated carbocycles. The SMILES string of the molecule is Cc1nccnc1C(=O)N[C@H](c1cn2ncc([C@H](NC(=O)CCC(F)(F)F)C3CC3)cc2n1)C1CCC(F)(F)CC1. The van der Waals surface area contributed by atoms with Crippen LogP contribution in [0.4, 0.5) is 22.0 Å². The highest BCUT2D eigenvalue weighted by atomic mass is 19.4. The predicted octanol–water partition coefficient (Wildman–Crippen LogP) is 5.03. The first kappa shape index (κ1) is 28.8. The van der Waals surface area contributed by atoms with E-state index in [0.29, 0.717) is 22.6 Å². The molecule has 0 spiro atoms. The van der Waals surface area contributed by atoms with Gasteiger partial charge in [-0.25, -0.2) is 23.3 Å². The van der Waals surface area contributed by atoms with Crippen LogP contribution in [0, 0.1) is 18.8 Å². The zero-order chi connectivity index (χ0) is 29.4. The average molecular weight is 580 g/mol. The molecule has 0 unspecified atom stereocenters. The number of halogens is 5. The molecule has 2 aliphatic rings. The highest BCUT2D eigenvalue weighted by molar-refractivity contribution is 5.93. The molecule has 9 nitrogen and oxygen atoms in total. The van der Waals surface area contributed by atoms with Crippen LogP contribution in [-0.2, 0) is 4.79 Å². The number of alkyl halides is 5. The van der Waals surface area contributed by atoms with Gasteiger partial charge >= 0.3 is 6.18 Å². The molecular weight excluding hydrogens is 549 g/mol. The highest BCUT2D eigenvalue weighted by Gasteiger charge is 2.40. The second-order valence-corrected chi connectivity index (χ2v) is 10.9. The van der Waals surface area contributed by atoms with Crippen molar-refractivity contribution in [2.24, 2.45) is 11.8 Å². The standard InChI is InChI=1S/C27H30F5N7O2/c1-15-22(34-11-10-33-15)25(41)38-24(17-4-7-26(28,29)8-5-17)19-14-39-20(36-19)12-18(13-35-39)23(16-2-3-16)37-21(40)6-9-27(30,31)32/h10-14,16-17,23-24H,2-9H2,1H3,(H,37,40)(H,38,41)/t23-,24+/m1/s1. The molecule has 41 heavy (non-hydrogen) atoms. The smallest absolute Gasteiger partial charge is 0.349 e. The van der Waals surface area contributed by atoms with Crippen molar-refractivity contribution in [2.45, 2.75) is 82.5 Å². The van der Waals surface area contributed by atoms with Crippen molar-refractivity contribution in [3.8, 4) is 0 Å². The van der Waals surface area contributed by atoms with Gasteiger partial charge in [0.25, 0.3) is 5.91 Å². The lowest BCUT2D eigenvalue weighted by atomic mass is 9.81. The van der Waals surface area contributed by atoms with E-state index >= 15 is 0 Å². The number of hydrogen-bond acceptors (Lipinski definition) is 6. The number of fused-ring (bicyclic) bond motifs is 1. The lowest BCUT2D eigenvalue weighted by Crippen LogP contribution is -2.38. The summed E-state index contributed by atoms with van der Waals surface area (Å²) in [6.45, 7) is 1.65. The Morgan fingerprint density at radius 2 is 1.73 bits per heavy atom. The van der Waals surface area contributed by atoms with Gasteiger partial charge in [0, 0.05) is 31.7 Å². The quantitative estimate of drug-likeness (QED) is 0.344. The third-order valence-corrected chi connectivity index (χ3v) is 7.70. The molecular formula is C27H30F5N7O2. The second kappa shape index (κ2) is 11.3. The molecule has 2 fully saturated rings. The van der Waals surface area contributed by atoms with Crippen LogP contribution in [0.5, 0.6) is 0 Å². The summed E-state index contributed by atoms with van der Waals surface area (Å²) < 4.78 is 67.2. The summed E-state index contributed by atoms with van der Waals surface area (Å²) in [6, 6.07) is 0.486. The number of carbonyl (C=O) groups is 2. The molecule has 2 aliphatic carbocycles. The molecule has 0 bridgehead atoms. The van der Waals surface area contributed by atoms with Gasteiger partial charge < -0.3 is 10.6 Å². The van der Waals surface area contributed by atoms with Gasteiger partial charge in [-0.05, 0) is 56.1 Å². The van der Waals surface area contributed by atoms with Gasteiger partial charge in [-0.15, -0.1) is 0 Å². The summed E-state index contributed by atoms with van der Waals surface area (Å²) in [4.78, 5) is 38.3. The van der Waals surface area contributed by atoms with E-state index in [0.717, 1.165) is 12.8 Å². The Bertz CT molecular complexity index is 1410. The molecule has 5 rings (SSSR count). The number of hydrogen-bond donors (Lipinski definition) is 2. The molecule has 0 saturated heterocycles. The molecule has 0 aliphatic heterocycles. The second-order valence-electron chi connectivity index (χ2n) is 10.9.